The quantitative estimate of drug-likeness (QED) is 0.644. The van der Waals surface area contributed by atoms with Gasteiger partial charge in [0.05, 0.1) is 6.04 Å². The Kier molecular flexibility index (Phi) is 3.96. The summed E-state index contributed by atoms with van der Waals surface area (Å²) in [5.41, 5.74) is 3.75. The van der Waals surface area contributed by atoms with Gasteiger partial charge in [-0.2, -0.15) is 0 Å². The lowest BCUT2D eigenvalue weighted by Crippen LogP contribution is -2.29. The lowest BCUT2D eigenvalue weighted by atomic mass is 10.00. The van der Waals surface area contributed by atoms with Crippen LogP contribution >= 0.6 is 0 Å². The minimum Gasteiger partial charge on any atom is -0.271 e. The van der Waals surface area contributed by atoms with Crippen molar-refractivity contribution in [1.29, 1.82) is 0 Å². The predicted molar refractivity (Wildman–Crippen MR) is 64.4 cm³/mol. The normalized spacial score (nSPS) is 12.4. The second kappa shape index (κ2) is 5.66. The van der Waals surface area contributed by atoms with E-state index >= 15 is 0 Å². The summed E-state index contributed by atoms with van der Waals surface area (Å²) < 4.78 is 26.7. The fraction of sp³-hybridized carbons (Fsp3) is 0.154. The first-order valence-electron chi connectivity index (χ1n) is 5.51. The Morgan fingerprint density at radius 3 is 2.56 bits per heavy atom. The fourth-order valence-corrected chi connectivity index (χ4v) is 1.79. The average molecular weight is 249 g/mol. The van der Waals surface area contributed by atoms with E-state index in [0.717, 1.165) is 11.6 Å². The highest BCUT2D eigenvalue weighted by atomic mass is 19.2. The summed E-state index contributed by atoms with van der Waals surface area (Å²) in [6, 6.07) is 7.39. The van der Waals surface area contributed by atoms with Crippen molar-refractivity contribution in [2.75, 3.05) is 0 Å². The summed E-state index contributed by atoms with van der Waals surface area (Å²) in [5.74, 6) is 3.78. The number of halogens is 2. The largest absolute Gasteiger partial charge is 0.271 e. The number of benzene rings is 1. The van der Waals surface area contributed by atoms with Crippen molar-refractivity contribution < 1.29 is 8.78 Å². The maximum atomic E-state index is 13.6. The minimum absolute atomic E-state index is 0.268. The SMILES string of the molecule is NNC(Cc1cccc(F)c1F)c1ccncc1. The number of rotatable bonds is 4. The molecule has 94 valence electrons. The third kappa shape index (κ3) is 2.69. The van der Waals surface area contributed by atoms with Crippen molar-refractivity contribution in [3.63, 3.8) is 0 Å². The molecule has 0 aliphatic heterocycles. The molecule has 2 aromatic rings. The molecule has 0 spiro atoms. The molecule has 18 heavy (non-hydrogen) atoms. The van der Waals surface area contributed by atoms with E-state index in [1.54, 1.807) is 30.6 Å². The molecule has 3 N–H and O–H groups in total. The summed E-state index contributed by atoms with van der Waals surface area (Å²) in [5, 5.41) is 0. The van der Waals surface area contributed by atoms with Gasteiger partial charge in [0.15, 0.2) is 11.6 Å². The van der Waals surface area contributed by atoms with Gasteiger partial charge in [0.2, 0.25) is 0 Å². The van der Waals surface area contributed by atoms with E-state index in [1.165, 1.54) is 6.07 Å². The van der Waals surface area contributed by atoms with Crippen molar-refractivity contribution in [3.05, 3.63) is 65.5 Å². The van der Waals surface area contributed by atoms with Crippen molar-refractivity contribution >= 4 is 0 Å². The maximum absolute atomic E-state index is 13.6. The van der Waals surface area contributed by atoms with Crippen molar-refractivity contribution in [2.24, 2.45) is 5.84 Å². The number of hydrogen-bond acceptors (Lipinski definition) is 3. The van der Waals surface area contributed by atoms with Gasteiger partial charge in [0.1, 0.15) is 0 Å². The van der Waals surface area contributed by atoms with Gasteiger partial charge in [0, 0.05) is 12.4 Å². The topological polar surface area (TPSA) is 50.9 Å². The standard InChI is InChI=1S/C13H13F2N3/c14-11-3-1-2-10(13(11)15)8-12(18-16)9-4-6-17-7-5-9/h1-7,12,18H,8,16H2. The highest BCUT2D eigenvalue weighted by Gasteiger charge is 2.14. The zero-order valence-corrected chi connectivity index (χ0v) is 9.61. The molecule has 2 rings (SSSR count). The Labute approximate surface area is 104 Å². The maximum Gasteiger partial charge on any atom is 0.162 e. The highest BCUT2D eigenvalue weighted by Crippen LogP contribution is 2.20. The highest BCUT2D eigenvalue weighted by molar-refractivity contribution is 5.24. The van der Waals surface area contributed by atoms with E-state index in [-0.39, 0.29) is 18.0 Å². The molecule has 0 amide bonds. The van der Waals surface area contributed by atoms with Crippen molar-refractivity contribution in [2.45, 2.75) is 12.5 Å². The Balaban J connectivity index is 2.24. The molecule has 1 heterocycles. The molecule has 0 saturated carbocycles. The van der Waals surface area contributed by atoms with E-state index in [9.17, 15) is 8.78 Å². The summed E-state index contributed by atoms with van der Waals surface area (Å²) in [4.78, 5) is 3.90. The van der Waals surface area contributed by atoms with Crippen LogP contribution in [0.25, 0.3) is 0 Å². The Hall–Kier alpha value is -1.85. The smallest absolute Gasteiger partial charge is 0.162 e. The van der Waals surface area contributed by atoms with Crippen LogP contribution in [0.4, 0.5) is 8.78 Å². The molecule has 1 unspecified atom stereocenters. The van der Waals surface area contributed by atoms with Gasteiger partial charge < -0.3 is 0 Å². The molecular formula is C13H13F2N3. The van der Waals surface area contributed by atoms with Crippen LogP contribution in [0.3, 0.4) is 0 Å². The van der Waals surface area contributed by atoms with Crippen LogP contribution in [0.2, 0.25) is 0 Å². The number of hydrogen-bond donors (Lipinski definition) is 2. The molecule has 0 saturated heterocycles. The zero-order chi connectivity index (χ0) is 13.0. The second-order valence-corrected chi connectivity index (χ2v) is 3.92. The first-order chi connectivity index (χ1) is 8.72. The Bertz CT molecular complexity index is 517. The summed E-state index contributed by atoms with van der Waals surface area (Å²) in [6.07, 6.45) is 3.52. The summed E-state index contributed by atoms with van der Waals surface area (Å²) >= 11 is 0. The van der Waals surface area contributed by atoms with Crippen LogP contribution in [0, 0.1) is 11.6 Å². The van der Waals surface area contributed by atoms with Gasteiger partial charge in [-0.1, -0.05) is 12.1 Å². The van der Waals surface area contributed by atoms with E-state index < -0.39 is 11.6 Å². The molecule has 1 aromatic heterocycles. The summed E-state index contributed by atoms with van der Waals surface area (Å²) in [7, 11) is 0. The molecule has 5 heteroatoms. The molecule has 0 aliphatic rings. The predicted octanol–water partition coefficient (Wildman–Crippen LogP) is 2.11. The number of pyridine rings is 1. The van der Waals surface area contributed by atoms with Crippen LogP contribution in [0.1, 0.15) is 17.2 Å². The summed E-state index contributed by atoms with van der Waals surface area (Å²) in [6.45, 7) is 0. The molecule has 1 atom stereocenters. The fourth-order valence-electron chi connectivity index (χ4n) is 1.79. The number of nitrogens with one attached hydrogen (secondary N) is 1. The van der Waals surface area contributed by atoms with E-state index in [4.69, 9.17) is 5.84 Å². The van der Waals surface area contributed by atoms with Crippen LogP contribution in [0.5, 0.6) is 0 Å². The van der Waals surface area contributed by atoms with Gasteiger partial charge in [-0.3, -0.25) is 16.3 Å². The molecule has 1 aromatic carbocycles. The van der Waals surface area contributed by atoms with Crippen molar-refractivity contribution in [3.8, 4) is 0 Å². The Morgan fingerprint density at radius 2 is 1.89 bits per heavy atom. The monoisotopic (exact) mass is 249 g/mol. The molecule has 3 nitrogen and oxygen atoms in total. The zero-order valence-electron chi connectivity index (χ0n) is 9.61. The van der Waals surface area contributed by atoms with E-state index in [2.05, 4.69) is 10.4 Å². The molecule has 0 radical (unpaired) electrons. The number of aromatic nitrogens is 1. The first-order valence-corrected chi connectivity index (χ1v) is 5.51. The van der Waals surface area contributed by atoms with Gasteiger partial charge in [-0.15, -0.1) is 0 Å². The number of hydrazine groups is 1. The first kappa shape index (κ1) is 12.6. The third-order valence-electron chi connectivity index (χ3n) is 2.77. The average Bonchev–Trinajstić information content (AvgIpc) is 2.41. The van der Waals surface area contributed by atoms with Gasteiger partial charge in [0.25, 0.3) is 0 Å². The van der Waals surface area contributed by atoms with Gasteiger partial charge in [-0.05, 0) is 35.7 Å². The number of nitrogens with two attached hydrogens (primary N) is 1. The third-order valence-corrected chi connectivity index (χ3v) is 2.77. The van der Waals surface area contributed by atoms with Gasteiger partial charge >= 0.3 is 0 Å². The van der Waals surface area contributed by atoms with Crippen LogP contribution in [-0.2, 0) is 6.42 Å². The lowest BCUT2D eigenvalue weighted by molar-refractivity contribution is 0.481. The minimum atomic E-state index is -0.849. The molecule has 0 bridgehead atoms. The van der Waals surface area contributed by atoms with Crippen molar-refractivity contribution in [1.82, 2.24) is 10.4 Å². The van der Waals surface area contributed by atoms with E-state index in [1.807, 2.05) is 0 Å². The van der Waals surface area contributed by atoms with E-state index in [0.29, 0.717) is 0 Å². The van der Waals surface area contributed by atoms with Crippen LogP contribution in [0.15, 0.2) is 42.7 Å². The number of nitrogens with zero attached hydrogens (tertiary/aromatic N) is 1. The van der Waals surface area contributed by atoms with Crippen LogP contribution in [-0.4, -0.2) is 4.98 Å². The lowest BCUT2D eigenvalue weighted by Gasteiger charge is -2.16. The van der Waals surface area contributed by atoms with Crippen LogP contribution < -0.4 is 11.3 Å². The Morgan fingerprint density at radius 1 is 1.17 bits per heavy atom. The van der Waals surface area contributed by atoms with Gasteiger partial charge in [-0.25, -0.2) is 8.78 Å². The molecule has 0 fully saturated rings. The molecule has 0 aliphatic carbocycles. The second-order valence-electron chi connectivity index (χ2n) is 3.92. The molecular weight excluding hydrogens is 236 g/mol.